The molecule has 2 rings (SSSR count). The molecule has 0 aliphatic carbocycles. The standard InChI is InChI=1S/C13H17BrN2O4/c1-15-7-9(14)6-10(15)11(17)16-5-3-4-13(16,8-20-2)12(18)19/h6-7H,3-5,8H2,1-2H3,(H,18,19). The van der Waals surface area contributed by atoms with E-state index in [1.807, 2.05) is 0 Å². The first-order chi connectivity index (χ1) is 9.42. The number of aryl methyl sites for hydroxylation is 1. The van der Waals surface area contributed by atoms with Crippen molar-refractivity contribution >= 4 is 27.8 Å². The molecule has 2 heterocycles. The Labute approximate surface area is 125 Å². The predicted molar refractivity (Wildman–Crippen MR) is 75.6 cm³/mol. The summed E-state index contributed by atoms with van der Waals surface area (Å²) in [7, 11) is 3.21. The summed E-state index contributed by atoms with van der Waals surface area (Å²) in [4.78, 5) is 25.7. The lowest BCUT2D eigenvalue weighted by atomic mass is 9.97. The maximum absolute atomic E-state index is 12.6. The number of nitrogens with zero attached hydrogens (tertiary/aromatic N) is 2. The van der Waals surface area contributed by atoms with Crippen LogP contribution in [-0.4, -0.2) is 52.3 Å². The summed E-state index contributed by atoms with van der Waals surface area (Å²) < 4.78 is 7.52. The molecule has 0 bridgehead atoms. The molecule has 1 saturated heterocycles. The van der Waals surface area contributed by atoms with Gasteiger partial charge in [0.25, 0.3) is 5.91 Å². The second kappa shape index (κ2) is 5.57. The lowest BCUT2D eigenvalue weighted by Crippen LogP contribution is -2.56. The van der Waals surface area contributed by atoms with Gasteiger partial charge in [-0.3, -0.25) is 4.79 Å². The van der Waals surface area contributed by atoms with Gasteiger partial charge in [-0.15, -0.1) is 0 Å². The van der Waals surface area contributed by atoms with Crippen LogP contribution in [0.15, 0.2) is 16.7 Å². The topological polar surface area (TPSA) is 71.8 Å². The monoisotopic (exact) mass is 344 g/mol. The highest BCUT2D eigenvalue weighted by molar-refractivity contribution is 9.10. The Morgan fingerprint density at radius 2 is 2.25 bits per heavy atom. The Morgan fingerprint density at radius 1 is 1.55 bits per heavy atom. The Bertz CT molecular complexity index is 542. The van der Waals surface area contributed by atoms with Crippen LogP contribution in [0.25, 0.3) is 0 Å². The van der Waals surface area contributed by atoms with Gasteiger partial charge in [0.2, 0.25) is 0 Å². The summed E-state index contributed by atoms with van der Waals surface area (Å²) in [5.41, 5.74) is -0.803. The number of rotatable bonds is 4. The predicted octanol–water partition coefficient (Wildman–Crippen LogP) is 1.49. The van der Waals surface area contributed by atoms with Crippen molar-refractivity contribution in [2.75, 3.05) is 20.3 Å². The van der Waals surface area contributed by atoms with Gasteiger partial charge in [-0.1, -0.05) is 0 Å². The van der Waals surface area contributed by atoms with Crippen molar-refractivity contribution in [2.24, 2.45) is 7.05 Å². The molecule has 7 heteroatoms. The fraction of sp³-hybridized carbons (Fsp3) is 0.538. The highest BCUT2D eigenvalue weighted by Crippen LogP contribution is 2.32. The molecule has 1 N–H and O–H groups in total. The number of hydrogen-bond acceptors (Lipinski definition) is 3. The molecule has 110 valence electrons. The number of carbonyl (C=O) groups is 2. The number of aromatic nitrogens is 1. The van der Waals surface area contributed by atoms with E-state index in [1.54, 1.807) is 23.9 Å². The number of aliphatic carboxylic acids is 1. The molecule has 1 aromatic heterocycles. The van der Waals surface area contributed by atoms with Crippen molar-refractivity contribution in [1.82, 2.24) is 9.47 Å². The van der Waals surface area contributed by atoms with Gasteiger partial charge in [-0.05, 0) is 34.8 Å². The van der Waals surface area contributed by atoms with Gasteiger partial charge in [0.05, 0.1) is 6.61 Å². The number of ether oxygens (including phenoxy) is 1. The van der Waals surface area contributed by atoms with Crippen molar-refractivity contribution in [2.45, 2.75) is 18.4 Å². The van der Waals surface area contributed by atoms with Gasteiger partial charge in [0.1, 0.15) is 5.69 Å². The van der Waals surface area contributed by atoms with E-state index in [9.17, 15) is 14.7 Å². The van der Waals surface area contributed by atoms with Gasteiger partial charge in [0, 0.05) is 31.4 Å². The largest absolute Gasteiger partial charge is 0.479 e. The average molecular weight is 345 g/mol. The Morgan fingerprint density at radius 3 is 2.75 bits per heavy atom. The molecular formula is C13H17BrN2O4. The Balaban J connectivity index is 2.37. The van der Waals surface area contributed by atoms with Crippen LogP contribution >= 0.6 is 15.9 Å². The van der Waals surface area contributed by atoms with Crippen molar-refractivity contribution in [3.8, 4) is 0 Å². The maximum atomic E-state index is 12.6. The van der Waals surface area contributed by atoms with Gasteiger partial charge in [-0.2, -0.15) is 0 Å². The normalized spacial score (nSPS) is 22.2. The van der Waals surface area contributed by atoms with E-state index in [1.165, 1.54) is 12.0 Å². The first-order valence-corrected chi connectivity index (χ1v) is 7.08. The Kier molecular flexibility index (Phi) is 4.19. The van der Waals surface area contributed by atoms with E-state index in [4.69, 9.17) is 4.74 Å². The number of carbonyl (C=O) groups excluding carboxylic acids is 1. The summed E-state index contributed by atoms with van der Waals surface area (Å²) in [6, 6.07) is 1.69. The summed E-state index contributed by atoms with van der Waals surface area (Å²) in [6.07, 6.45) is 2.84. The highest BCUT2D eigenvalue weighted by Gasteiger charge is 2.50. The van der Waals surface area contributed by atoms with Gasteiger partial charge in [0.15, 0.2) is 5.54 Å². The number of halogens is 1. The second-order valence-corrected chi connectivity index (χ2v) is 5.90. The number of amides is 1. The smallest absolute Gasteiger partial charge is 0.332 e. The zero-order chi connectivity index (χ0) is 14.9. The van der Waals surface area contributed by atoms with Crippen molar-refractivity contribution < 1.29 is 19.4 Å². The molecule has 1 unspecified atom stereocenters. The molecular weight excluding hydrogens is 328 g/mol. The molecule has 1 amide bonds. The quantitative estimate of drug-likeness (QED) is 0.898. The number of carboxylic acid groups (broad SMARTS) is 1. The van der Waals surface area contributed by atoms with Crippen LogP contribution in [0.2, 0.25) is 0 Å². The maximum Gasteiger partial charge on any atom is 0.332 e. The third-order valence-electron chi connectivity index (χ3n) is 3.71. The van der Waals surface area contributed by atoms with Gasteiger partial charge in [-0.25, -0.2) is 4.79 Å². The van der Waals surface area contributed by atoms with E-state index < -0.39 is 11.5 Å². The molecule has 6 nitrogen and oxygen atoms in total. The van der Waals surface area contributed by atoms with Gasteiger partial charge >= 0.3 is 5.97 Å². The number of methoxy groups -OCH3 is 1. The van der Waals surface area contributed by atoms with Gasteiger partial charge < -0.3 is 19.3 Å². The lowest BCUT2D eigenvalue weighted by molar-refractivity contribution is -0.151. The van der Waals surface area contributed by atoms with Crippen LogP contribution in [0.1, 0.15) is 23.3 Å². The summed E-state index contributed by atoms with van der Waals surface area (Å²) in [6.45, 7) is 0.428. The van der Waals surface area contributed by atoms with Crippen molar-refractivity contribution in [1.29, 1.82) is 0 Å². The lowest BCUT2D eigenvalue weighted by Gasteiger charge is -2.34. The molecule has 1 atom stereocenters. The number of carboxylic acids is 1. The molecule has 0 aromatic carbocycles. The van der Waals surface area contributed by atoms with Crippen LogP contribution in [0.3, 0.4) is 0 Å². The van der Waals surface area contributed by atoms with Crippen molar-refractivity contribution in [3.05, 3.63) is 22.4 Å². The SMILES string of the molecule is COCC1(C(=O)O)CCCN1C(=O)c1cc(Br)cn1C. The third kappa shape index (κ3) is 2.35. The molecule has 0 spiro atoms. The first-order valence-electron chi connectivity index (χ1n) is 6.28. The summed E-state index contributed by atoms with van der Waals surface area (Å²) in [5, 5.41) is 9.55. The van der Waals surface area contributed by atoms with Crippen LogP contribution in [0.4, 0.5) is 0 Å². The minimum atomic E-state index is -1.26. The van der Waals surface area contributed by atoms with E-state index in [2.05, 4.69) is 15.9 Å². The minimum Gasteiger partial charge on any atom is -0.479 e. The molecule has 20 heavy (non-hydrogen) atoms. The van der Waals surface area contributed by atoms with Crippen LogP contribution in [0.5, 0.6) is 0 Å². The van der Waals surface area contributed by atoms with Crippen molar-refractivity contribution in [3.63, 3.8) is 0 Å². The summed E-state index contributed by atoms with van der Waals surface area (Å²) >= 11 is 3.32. The highest BCUT2D eigenvalue weighted by atomic mass is 79.9. The van der Waals surface area contributed by atoms with Crippen LogP contribution in [0, 0.1) is 0 Å². The fourth-order valence-electron chi connectivity index (χ4n) is 2.72. The van der Waals surface area contributed by atoms with E-state index >= 15 is 0 Å². The molecule has 1 aliphatic heterocycles. The minimum absolute atomic E-state index is 0.000332. The number of likely N-dealkylation sites (tertiary alicyclic amines) is 1. The zero-order valence-electron chi connectivity index (χ0n) is 11.4. The molecule has 1 aliphatic rings. The fourth-order valence-corrected chi connectivity index (χ4v) is 3.25. The molecule has 1 aromatic rings. The molecule has 0 radical (unpaired) electrons. The van der Waals surface area contributed by atoms with E-state index in [0.29, 0.717) is 25.1 Å². The number of hydrogen-bond donors (Lipinski definition) is 1. The first kappa shape index (κ1) is 15.1. The summed E-state index contributed by atoms with van der Waals surface area (Å²) in [5.74, 6) is -1.30. The second-order valence-electron chi connectivity index (χ2n) is 4.98. The van der Waals surface area contributed by atoms with Crippen LogP contribution < -0.4 is 0 Å². The van der Waals surface area contributed by atoms with Crippen LogP contribution in [-0.2, 0) is 16.6 Å². The molecule has 0 saturated carbocycles. The molecule has 1 fully saturated rings. The zero-order valence-corrected chi connectivity index (χ0v) is 13.0. The van der Waals surface area contributed by atoms with E-state index in [-0.39, 0.29) is 12.5 Å². The third-order valence-corrected chi connectivity index (χ3v) is 4.14. The Hall–Kier alpha value is -1.34. The van der Waals surface area contributed by atoms with E-state index in [0.717, 1.165) is 4.47 Å². The average Bonchev–Trinajstić information content (AvgIpc) is 2.93.